The van der Waals surface area contributed by atoms with Crippen LogP contribution >= 0.6 is 0 Å². The first-order valence-electron chi connectivity index (χ1n) is 9.42. The fraction of sp³-hybridized carbons (Fsp3) is 0.571. The Balaban J connectivity index is 4.11. The van der Waals surface area contributed by atoms with Crippen molar-refractivity contribution in [2.45, 2.75) is 52.2 Å². The SMILES string of the molecule is [2H]C([2H])([2H])C(c1cc(C(C)(C)C)c(N)cc1O)(C([2H])([2H])[2H])C([2H])([2H])[2H]. The quantitative estimate of drug-likeness (QED) is 0.669. The second-order valence-electron chi connectivity index (χ2n) is 4.96. The summed E-state index contributed by atoms with van der Waals surface area (Å²) in [6.45, 7) is -5.06. The number of rotatable bonds is 0. The number of anilines is 1. The molecule has 16 heavy (non-hydrogen) atoms. The van der Waals surface area contributed by atoms with Crippen LogP contribution in [0.4, 0.5) is 5.69 Å². The largest absolute Gasteiger partial charge is 0.508 e. The molecule has 0 amide bonds. The van der Waals surface area contributed by atoms with Gasteiger partial charge in [0.25, 0.3) is 0 Å². The van der Waals surface area contributed by atoms with Gasteiger partial charge < -0.3 is 10.8 Å². The lowest BCUT2D eigenvalue weighted by molar-refractivity contribution is 0.445. The maximum atomic E-state index is 10.3. The molecular formula is C14H23NO. The fourth-order valence-corrected chi connectivity index (χ4v) is 1.55. The van der Waals surface area contributed by atoms with Gasteiger partial charge in [-0.2, -0.15) is 0 Å². The first kappa shape index (κ1) is 4.99. The molecule has 1 aromatic carbocycles. The highest BCUT2D eigenvalue weighted by molar-refractivity contribution is 5.58. The molecule has 0 aromatic heterocycles. The standard InChI is InChI=1S/C14H23NO/c1-13(2,3)9-7-10(14(4,5)6)12(16)8-11(9)15/h7-8,16H,15H2,1-6H3/i4D3,5D3,6D3. The van der Waals surface area contributed by atoms with Crippen LogP contribution in [0, 0.1) is 0 Å². The molecule has 0 radical (unpaired) electrons. The van der Waals surface area contributed by atoms with Crippen LogP contribution in [0.1, 0.15) is 64.8 Å². The molecule has 0 unspecified atom stereocenters. The Hall–Kier alpha value is -1.18. The summed E-state index contributed by atoms with van der Waals surface area (Å²) < 4.78 is 69.6. The van der Waals surface area contributed by atoms with E-state index in [-0.39, 0.29) is 5.69 Å². The van der Waals surface area contributed by atoms with E-state index in [2.05, 4.69) is 0 Å². The minimum atomic E-state index is -3.44. The van der Waals surface area contributed by atoms with E-state index in [0.717, 1.165) is 12.1 Å². The van der Waals surface area contributed by atoms with Gasteiger partial charge in [0.15, 0.2) is 0 Å². The lowest BCUT2D eigenvalue weighted by Crippen LogP contribution is -2.18. The van der Waals surface area contributed by atoms with Gasteiger partial charge in [-0.15, -0.1) is 0 Å². The molecule has 0 spiro atoms. The first-order chi connectivity index (χ1) is 10.8. The van der Waals surface area contributed by atoms with Crippen molar-refractivity contribution in [1.82, 2.24) is 0 Å². The Morgan fingerprint density at radius 1 is 1.06 bits per heavy atom. The molecule has 0 saturated heterocycles. The maximum absolute atomic E-state index is 10.3. The van der Waals surface area contributed by atoms with Gasteiger partial charge in [0.1, 0.15) is 5.75 Å². The zero-order chi connectivity index (χ0) is 20.2. The monoisotopic (exact) mass is 230 g/mol. The molecule has 0 atom stereocenters. The Morgan fingerprint density at radius 3 is 2.06 bits per heavy atom. The van der Waals surface area contributed by atoms with Crippen LogP contribution in [-0.4, -0.2) is 5.11 Å². The molecule has 90 valence electrons. The van der Waals surface area contributed by atoms with Gasteiger partial charge in [-0.3, -0.25) is 0 Å². The lowest BCUT2D eigenvalue weighted by atomic mass is 9.79. The number of benzene rings is 1. The minimum absolute atomic E-state index is 0.115. The van der Waals surface area contributed by atoms with Crippen molar-refractivity contribution in [2.24, 2.45) is 0 Å². The Kier molecular flexibility index (Phi) is 1.15. The number of phenols is 1. The smallest absolute Gasteiger partial charge is 0.121 e. The molecule has 3 N–H and O–H groups in total. The van der Waals surface area contributed by atoms with Gasteiger partial charge in [0.05, 0.1) is 0 Å². The van der Waals surface area contributed by atoms with Crippen molar-refractivity contribution in [3.8, 4) is 5.75 Å². The van der Waals surface area contributed by atoms with E-state index in [9.17, 15) is 5.11 Å². The summed E-state index contributed by atoms with van der Waals surface area (Å²) in [5, 5.41) is 10.3. The topological polar surface area (TPSA) is 46.2 Å². The summed E-state index contributed by atoms with van der Waals surface area (Å²) in [4.78, 5) is 0. The molecule has 2 heteroatoms. The summed E-state index contributed by atoms with van der Waals surface area (Å²) in [5.41, 5.74) is 1.77. The summed E-state index contributed by atoms with van der Waals surface area (Å²) >= 11 is 0. The average Bonchev–Trinajstić information content (AvgIpc) is 2.24. The Labute approximate surface area is 111 Å². The summed E-state index contributed by atoms with van der Waals surface area (Å²) in [5.74, 6) is -0.770. The normalized spacial score (nSPS) is 23.6. The van der Waals surface area contributed by atoms with Crippen molar-refractivity contribution in [1.29, 1.82) is 0 Å². The van der Waals surface area contributed by atoms with E-state index in [1.54, 1.807) is 20.8 Å². The lowest BCUT2D eigenvalue weighted by Gasteiger charge is -2.27. The van der Waals surface area contributed by atoms with Gasteiger partial charge in [-0.1, -0.05) is 41.3 Å². The van der Waals surface area contributed by atoms with E-state index in [1.165, 1.54) is 0 Å². The third kappa shape index (κ3) is 2.49. The van der Waals surface area contributed by atoms with Gasteiger partial charge in [-0.25, -0.2) is 0 Å². The summed E-state index contributed by atoms with van der Waals surface area (Å²) in [7, 11) is 0. The number of aromatic hydroxyl groups is 1. The van der Waals surface area contributed by atoms with Crippen LogP contribution in [0.15, 0.2) is 12.1 Å². The van der Waals surface area contributed by atoms with E-state index in [0.29, 0.717) is 5.56 Å². The summed E-state index contributed by atoms with van der Waals surface area (Å²) in [6.07, 6.45) is 0. The molecule has 2 nitrogen and oxygen atoms in total. The highest BCUT2D eigenvalue weighted by atomic mass is 16.3. The molecule has 0 aliphatic heterocycles. The second-order valence-corrected chi connectivity index (χ2v) is 4.96. The average molecular weight is 230 g/mol. The van der Waals surface area contributed by atoms with E-state index in [4.69, 9.17) is 18.1 Å². The molecule has 0 bridgehead atoms. The maximum Gasteiger partial charge on any atom is 0.121 e. The van der Waals surface area contributed by atoms with Crippen molar-refractivity contribution in [2.75, 3.05) is 5.73 Å². The zero-order valence-corrected chi connectivity index (χ0v) is 9.68. The molecule has 1 rings (SSSR count). The van der Waals surface area contributed by atoms with E-state index >= 15 is 0 Å². The van der Waals surface area contributed by atoms with Crippen LogP contribution in [0.5, 0.6) is 5.75 Å². The highest BCUT2D eigenvalue weighted by Gasteiger charge is 2.24. The summed E-state index contributed by atoms with van der Waals surface area (Å²) in [6, 6.07) is 2.10. The third-order valence-electron chi connectivity index (χ3n) is 2.38. The minimum Gasteiger partial charge on any atom is -0.508 e. The molecule has 1 aromatic rings. The molecule has 0 saturated carbocycles. The Bertz CT molecular complexity index is 614. The van der Waals surface area contributed by atoms with E-state index in [1.807, 2.05) is 0 Å². The molecule has 0 fully saturated rings. The van der Waals surface area contributed by atoms with Crippen LogP contribution in [0.25, 0.3) is 0 Å². The number of nitrogen functional groups attached to an aromatic ring is 1. The van der Waals surface area contributed by atoms with Crippen molar-refractivity contribution in [3.63, 3.8) is 0 Å². The van der Waals surface area contributed by atoms with Gasteiger partial charge >= 0.3 is 0 Å². The van der Waals surface area contributed by atoms with Crippen molar-refractivity contribution < 1.29 is 17.4 Å². The number of hydrogen-bond donors (Lipinski definition) is 2. The molecular weight excluding hydrogens is 198 g/mol. The van der Waals surface area contributed by atoms with Gasteiger partial charge in [-0.05, 0) is 28.0 Å². The Morgan fingerprint density at radius 2 is 1.62 bits per heavy atom. The van der Waals surface area contributed by atoms with Crippen LogP contribution < -0.4 is 5.73 Å². The second kappa shape index (κ2) is 3.69. The number of nitrogens with two attached hydrogens (primary N) is 1. The van der Waals surface area contributed by atoms with Crippen molar-refractivity contribution >= 4 is 5.69 Å². The van der Waals surface area contributed by atoms with Crippen molar-refractivity contribution in [3.05, 3.63) is 23.3 Å². The van der Waals surface area contributed by atoms with Crippen LogP contribution in [0.2, 0.25) is 0 Å². The van der Waals surface area contributed by atoms with Crippen LogP contribution in [0.3, 0.4) is 0 Å². The fourth-order valence-electron chi connectivity index (χ4n) is 1.55. The predicted octanol–water partition coefficient (Wildman–Crippen LogP) is 3.57. The van der Waals surface area contributed by atoms with Gasteiger partial charge in [0, 0.05) is 24.1 Å². The van der Waals surface area contributed by atoms with Crippen LogP contribution in [-0.2, 0) is 10.8 Å². The highest BCUT2D eigenvalue weighted by Crippen LogP contribution is 2.38. The number of hydrogen-bond acceptors (Lipinski definition) is 2. The first-order valence-corrected chi connectivity index (χ1v) is 4.92. The van der Waals surface area contributed by atoms with E-state index < -0.39 is 42.7 Å². The molecule has 0 aliphatic carbocycles. The predicted molar refractivity (Wildman–Crippen MR) is 69.9 cm³/mol. The third-order valence-corrected chi connectivity index (χ3v) is 2.38. The molecule has 0 heterocycles. The zero-order valence-electron chi connectivity index (χ0n) is 18.7. The number of phenolic OH excluding ortho intramolecular Hbond substituents is 1. The van der Waals surface area contributed by atoms with Gasteiger partial charge in [0.2, 0.25) is 0 Å². The molecule has 0 aliphatic rings.